The molecule has 1 atom stereocenters. The van der Waals surface area contributed by atoms with Gasteiger partial charge in [-0.3, -0.25) is 4.79 Å². The molecule has 0 spiro atoms. The Hall–Kier alpha value is -2.18. The highest BCUT2D eigenvalue weighted by Crippen LogP contribution is 2.29. The first kappa shape index (κ1) is 19.2. The average molecular weight is 399 g/mol. The lowest BCUT2D eigenvalue weighted by Crippen LogP contribution is -2.43. The van der Waals surface area contributed by atoms with Gasteiger partial charge in [-0.1, -0.05) is 30.3 Å². The van der Waals surface area contributed by atoms with E-state index in [2.05, 4.69) is 11.4 Å². The molecule has 0 aromatic heterocycles. The molecule has 0 bridgehead atoms. The van der Waals surface area contributed by atoms with E-state index in [1.54, 1.807) is 30.3 Å². The van der Waals surface area contributed by atoms with Gasteiger partial charge in [0.05, 0.1) is 10.8 Å². The number of benzene rings is 2. The molecule has 2 aromatic rings. The standard InChI is InChI=1S/C22H26N2O3S/c25-22(23-21-14-6-9-17-8-4-5-13-20(17)21)18-10-7-15-24(16-18)28(26,27)19-11-2-1-3-12-19/h1-3,6,9,11-12,14,18H,4-5,7-8,10,13,15-16H2,(H,23,25)/t18-/m0/s1. The van der Waals surface area contributed by atoms with Crippen LogP contribution in [-0.4, -0.2) is 31.7 Å². The van der Waals surface area contributed by atoms with Crippen LogP contribution >= 0.6 is 0 Å². The lowest BCUT2D eigenvalue weighted by Gasteiger charge is -2.31. The number of nitrogens with zero attached hydrogens (tertiary/aromatic N) is 1. The van der Waals surface area contributed by atoms with Crippen LogP contribution in [0, 0.1) is 5.92 Å². The van der Waals surface area contributed by atoms with Gasteiger partial charge in [0.25, 0.3) is 0 Å². The monoisotopic (exact) mass is 398 g/mol. The number of carbonyl (C=O) groups excluding carboxylic acids is 1. The van der Waals surface area contributed by atoms with Gasteiger partial charge in [0.15, 0.2) is 0 Å². The van der Waals surface area contributed by atoms with E-state index in [0.717, 1.165) is 24.9 Å². The SMILES string of the molecule is O=C(Nc1cccc2c1CCCC2)[C@H]1CCCN(S(=O)(=O)c2ccccc2)C1. The lowest BCUT2D eigenvalue weighted by molar-refractivity contribution is -0.120. The molecule has 4 rings (SSSR count). The predicted molar refractivity (Wildman–Crippen MR) is 110 cm³/mol. The normalized spacial score (nSPS) is 20.4. The van der Waals surface area contributed by atoms with Crippen LogP contribution in [0.3, 0.4) is 0 Å². The molecule has 2 aliphatic rings. The van der Waals surface area contributed by atoms with Gasteiger partial charge in [0, 0.05) is 18.8 Å². The fourth-order valence-electron chi connectivity index (χ4n) is 4.25. The minimum absolute atomic E-state index is 0.0769. The molecule has 148 valence electrons. The molecule has 1 aliphatic heterocycles. The summed E-state index contributed by atoms with van der Waals surface area (Å²) >= 11 is 0. The number of rotatable bonds is 4. The third-order valence-electron chi connectivity index (χ3n) is 5.79. The fraction of sp³-hybridized carbons (Fsp3) is 0.409. The number of fused-ring (bicyclic) bond motifs is 1. The first-order valence-corrected chi connectivity index (χ1v) is 11.5. The van der Waals surface area contributed by atoms with Crippen LogP contribution < -0.4 is 5.32 Å². The van der Waals surface area contributed by atoms with E-state index in [1.807, 2.05) is 12.1 Å². The molecule has 0 saturated carbocycles. The van der Waals surface area contributed by atoms with Gasteiger partial charge in [0.2, 0.25) is 15.9 Å². The predicted octanol–water partition coefficient (Wildman–Crippen LogP) is 3.60. The van der Waals surface area contributed by atoms with Crippen molar-refractivity contribution < 1.29 is 13.2 Å². The first-order valence-electron chi connectivity index (χ1n) is 10.0. The van der Waals surface area contributed by atoms with Crippen molar-refractivity contribution in [3.8, 4) is 0 Å². The van der Waals surface area contributed by atoms with Crippen molar-refractivity contribution in [3.63, 3.8) is 0 Å². The molecule has 1 saturated heterocycles. The van der Waals surface area contributed by atoms with Crippen LogP contribution in [0.15, 0.2) is 53.4 Å². The van der Waals surface area contributed by atoms with Gasteiger partial charge in [-0.2, -0.15) is 4.31 Å². The third kappa shape index (κ3) is 3.84. The fourth-order valence-corrected chi connectivity index (χ4v) is 5.79. The smallest absolute Gasteiger partial charge is 0.243 e. The van der Waals surface area contributed by atoms with Crippen LogP contribution in [-0.2, 0) is 27.7 Å². The van der Waals surface area contributed by atoms with Crippen molar-refractivity contribution in [3.05, 3.63) is 59.7 Å². The molecule has 1 amide bonds. The molecule has 28 heavy (non-hydrogen) atoms. The van der Waals surface area contributed by atoms with Gasteiger partial charge in [0.1, 0.15) is 0 Å². The highest BCUT2D eigenvalue weighted by atomic mass is 32.2. The van der Waals surface area contributed by atoms with Crippen LogP contribution in [0.4, 0.5) is 5.69 Å². The summed E-state index contributed by atoms with van der Waals surface area (Å²) in [5.41, 5.74) is 3.46. The largest absolute Gasteiger partial charge is 0.326 e. The molecule has 1 heterocycles. The zero-order chi connectivity index (χ0) is 19.6. The Morgan fingerprint density at radius 3 is 2.57 bits per heavy atom. The van der Waals surface area contributed by atoms with Crippen molar-refractivity contribution >= 4 is 21.6 Å². The summed E-state index contributed by atoms with van der Waals surface area (Å²) in [5, 5.41) is 3.09. The number of anilines is 1. The van der Waals surface area contributed by atoms with Crippen LogP contribution in [0.25, 0.3) is 0 Å². The van der Waals surface area contributed by atoms with E-state index in [9.17, 15) is 13.2 Å². The Morgan fingerprint density at radius 1 is 0.964 bits per heavy atom. The minimum atomic E-state index is -3.56. The van der Waals surface area contributed by atoms with Gasteiger partial charge in [-0.05, 0) is 67.9 Å². The summed E-state index contributed by atoms with van der Waals surface area (Å²) in [4.78, 5) is 13.2. The summed E-state index contributed by atoms with van der Waals surface area (Å²) in [5.74, 6) is -0.404. The molecule has 0 unspecified atom stereocenters. The van der Waals surface area contributed by atoms with Gasteiger partial charge < -0.3 is 5.32 Å². The number of hydrogen-bond donors (Lipinski definition) is 1. The minimum Gasteiger partial charge on any atom is -0.326 e. The highest BCUT2D eigenvalue weighted by molar-refractivity contribution is 7.89. The number of carbonyl (C=O) groups is 1. The number of piperidine rings is 1. The molecule has 0 radical (unpaired) electrons. The van der Waals surface area contributed by atoms with Gasteiger partial charge in [-0.25, -0.2) is 8.42 Å². The van der Waals surface area contributed by atoms with Crippen LogP contribution in [0.2, 0.25) is 0 Å². The molecule has 1 aliphatic carbocycles. The van der Waals surface area contributed by atoms with Crippen molar-refractivity contribution in [2.45, 2.75) is 43.4 Å². The molecule has 5 nitrogen and oxygen atoms in total. The van der Waals surface area contributed by atoms with E-state index < -0.39 is 10.0 Å². The highest BCUT2D eigenvalue weighted by Gasteiger charge is 2.33. The molecular weight excluding hydrogens is 372 g/mol. The Balaban J connectivity index is 1.49. The summed E-state index contributed by atoms with van der Waals surface area (Å²) in [6.45, 7) is 0.694. The van der Waals surface area contributed by atoms with E-state index >= 15 is 0 Å². The molecule has 2 aromatic carbocycles. The third-order valence-corrected chi connectivity index (χ3v) is 7.67. The lowest BCUT2D eigenvalue weighted by atomic mass is 9.90. The maximum atomic E-state index is 12.9. The second-order valence-electron chi connectivity index (χ2n) is 7.65. The Morgan fingerprint density at radius 2 is 1.75 bits per heavy atom. The summed E-state index contributed by atoms with van der Waals surface area (Å²) < 4.78 is 27.3. The van der Waals surface area contributed by atoms with E-state index in [1.165, 1.54) is 21.9 Å². The second kappa shape index (κ2) is 8.05. The number of aryl methyl sites for hydroxylation is 1. The summed E-state index contributed by atoms with van der Waals surface area (Å²) in [6.07, 6.45) is 5.79. The number of sulfonamides is 1. The van der Waals surface area contributed by atoms with E-state index in [4.69, 9.17) is 0 Å². The van der Waals surface area contributed by atoms with E-state index in [-0.39, 0.29) is 23.3 Å². The number of hydrogen-bond acceptors (Lipinski definition) is 3. The Kier molecular flexibility index (Phi) is 5.51. The van der Waals surface area contributed by atoms with Crippen molar-refractivity contribution in [1.29, 1.82) is 0 Å². The van der Waals surface area contributed by atoms with Crippen molar-refractivity contribution in [1.82, 2.24) is 4.31 Å². The maximum absolute atomic E-state index is 12.9. The average Bonchev–Trinajstić information content (AvgIpc) is 2.75. The zero-order valence-electron chi connectivity index (χ0n) is 15.9. The topological polar surface area (TPSA) is 66.5 Å². The van der Waals surface area contributed by atoms with Gasteiger partial charge in [-0.15, -0.1) is 0 Å². The number of nitrogens with one attached hydrogen (secondary N) is 1. The number of amides is 1. The first-order chi connectivity index (χ1) is 13.6. The maximum Gasteiger partial charge on any atom is 0.243 e. The molecule has 1 N–H and O–H groups in total. The Labute approximate surface area is 166 Å². The van der Waals surface area contributed by atoms with Crippen LogP contribution in [0.5, 0.6) is 0 Å². The zero-order valence-corrected chi connectivity index (χ0v) is 16.7. The van der Waals surface area contributed by atoms with Gasteiger partial charge >= 0.3 is 0 Å². The van der Waals surface area contributed by atoms with Crippen molar-refractivity contribution in [2.75, 3.05) is 18.4 Å². The second-order valence-corrected chi connectivity index (χ2v) is 9.59. The van der Waals surface area contributed by atoms with Crippen molar-refractivity contribution in [2.24, 2.45) is 5.92 Å². The Bertz CT molecular complexity index is 957. The van der Waals surface area contributed by atoms with E-state index in [0.29, 0.717) is 19.4 Å². The summed E-state index contributed by atoms with van der Waals surface area (Å²) in [7, 11) is -3.56. The summed E-state index contributed by atoms with van der Waals surface area (Å²) in [6, 6.07) is 14.5. The molecule has 6 heteroatoms. The molecule has 1 fully saturated rings. The quantitative estimate of drug-likeness (QED) is 0.856. The van der Waals surface area contributed by atoms with Crippen LogP contribution in [0.1, 0.15) is 36.8 Å². The molecular formula is C22H26N2O3S.